The lowest BCUT2D eigenvalue weighted by molar-refractivity contribution is 0.0698. The summed E-state index contributed by atoms with van der Waals surface area (Å²) in [6.07, 6.45) is 6.74. The molecular formula is C21H24N4OS. The highest BCUT2D eigenvalue weighted by Crippen LogP contribution is 2.27. The molecule has 3 heterocycles. The van der Waals surface area contributed by atoms with E-state index in [2.05, 4.69) is 33.6 Å². The zero-order valence-corrected chi connectivity index (χ0v) is 16.4. The van der Waals surface area contributed by atoms with Crippen LogP contribution in [0.15, 0.2) is 48.1 Å². The van der Waals surface area contributed by atoms with Crippen LogP contribution >= 0.6 is 11.3 Å². The molecule has 1 aromatic carbocycles. The first-order valence-corrected chi connectivity index (χ1v) is 10.4. The number of benzene rings is 1. The lowest BCUT2D eigenvalue weighted by Crippen LogP contribution is -2.40. The van der Waals surface area contributed by atoms with Crippen molar-refractivity contribution in [3.05, 3.63) is 70.2 Å². The number of rotatable bonds is 5. The Morgan fingerprint density at radius 1 is 1.30 bits per heavy atom. The van der Waals surface area contributed by atoms with Gasteiger partial charge in [-0.1, -0.05) is 30.3 Å². The van der Waals surface area contributed by atoms with Crippen LogP contribution in [0.1, 0.15) is 52.6 Å². The van der Waals surface area contributed by atoms with Crippen LogP contribution in [0.2, 0.25) is 0 Å². The van der Waals surface area contributed by atoms with Gasteiger partial charge in [0, 0.05) is 49.7 Å². The molecule has 0 saturated carbocycles. The smallest absolute Gasteiger partial charge is 0.273 e. The second kappa shape index (κ2) is 8.05. The fourth-order valence-electron chi connectivity index (χ4n) is 3.74. The van der Waals surface area contributed by atoms with Crippen LogP contribution in [0.3, 0.4) is 0 Å². The summed E-state index contributed by atoms with van der Waals surface area (Å²) in [5.74, 6) is 1.45. The zero-order chi connectivity index (χ0) is 18.6. The quantitative estimate of drug-likeness (QED) is 0.673. The van der Waals surface area contributed by atoms with Crippen LogP contribution in [0.4, 0.5) is 0 Å². The number of imidazole rings is 1. The van der Waals surface area contributed by atoms with Gasteiger partial charge in [0.05, 0.1) is 5.01 Å². The number of carbonyl (C=O) groups excluding carboxylic acids is 1. The molecule has 1 aliphatic rings. The van der Waals surface area contributed by atoms with Crippen molar-refractivity contribution in [1.82, 2.24) is 19.4 Å². The third-order valence-corrected chi connectivity index (χ3v) is 5.98. The van der Waals surface area contributed by atoms with Crippen molar-refractivity contribution < 1.29 is 4.79 Å². The molecule has 4 rings (SSSR count). The molecule has 0 aliphatic carbocycles. The molecule has 0 N–H and O–H groups in total. The molecule has 1 aliphatic heterocycles. The van der Waals surface area contributed by atoms with E-state index in [1.165, 1.54) is 5.56 Å². The van der Waals surface area contributed by atoms with Crippen LogP contribution in [0.5, 0.6) is 0 Å². The van der Waals surface area contributed by atoms with E-state index in [0.29, 0.717) is 11.6 Å². The average Bonchev–Trinajstić information content (AvgIpc) is 3.37. The lowest BCUT2D eigenvalue weighted by Gasteiger charge is -2.32. The Balaban J connectivity index is 1.45. The Morgan fingerprint density at radius 3 is 2.96 bits per heavy atom. The van der Waals surface area contributed by atoms with Gasteiger partial charge in [-0.2, -0.15) is 0 Å². The minimum Gasteiger partial charge on any atom is -0.337 e. The van der Waals surface area contributed by atoms with Crippen molar-refractivity contribution in [1.29, 1.82) is 0 Å². The predicted molar refractivity (Wildman–Crippen MR) is 107 cm³/mol. The van der Waals surface area contributed by atoms with E-state index in [1.807, 2.05) is 40.9 Å². The van der Waals surface area contributed by atoms with Crippen molar-refractivity contribution in [3.8, 4) is 0 Å². The Labute approximate surface area is 163 Å². The molecule has 1 saturated heterocycles. The molecule has 2 aromatic heterocycles. The van der Waals surface area contributed by atoms with E-state index in [-0.39, 0.29) is 5.91 Å². The van der Waals surface area contributed by atoms with Crippen LogP contribution in [-0.2, 0) is 13.0 Å². The predicted octanol–water partition coefficient (Wildman–Crippen LogP) is 3.97. The number of likely N-dealkylation sites (tertiary alicyclic amines) is 1. The summed E-state index contributed by atoms with van der Waals surface area (Å²) in [6.45, 7) is 4.56. The fraction of sp³-hybridized carbons (Fsp3) is 0.381. The third-order valence-electron chi connectivity index (χ3n) is 5.13. The maximum atomic E-state index is 13.0. The van der Waals surface area contributed by atoms with E-state index in [0.717, 1.165) is 49.7 Å². The van der Waals surface area contributed by atoms with Crippen molar-refractivity contribution in [2.45, 2.75) is 38.6 Å². The topological polar surface area (TPSA) is 51.0 Å². The summed E-state index contributed by atoms with van der Waals surface area (Å²) >= 11 is 1.57. The van der Waals surface area contributed by atoms with E-state index in [9.17, 15) is 4.79 Å². The highest BCUT2D eigenvalue weighted by molar-refractivity contribution is 7.09. The second-order valence-electron chi connectivity index (χ2n) is 6.95. The van der Waals surface area contributed by atoms with Gasteiger partial charge in [-0.15, -0.1) is 11.3 Å². The highest BCUT2D eigenvalue weighted by Gasteiger charge is 2.28. The van der Waals surface area contributed by atoms with Crippen molar-refractivity contribution >= 4 is 17.2 Å². The average molecular weight is 381 g/mol. The summed E-state index contributed by atoms with van der Waals surface area (Å²) in [6, 6.07) is 10.3. The molecule has 0 radical (unpaired) electrons. The first-order valence-electron chi connectivity index (χ1n) is 9.53. The molecule has 0 unspecified atom stereocenters. The van der Waals surface area contributed by atoms with Gasteiger partial charge < -0.3 is 9.47 Å². The van der Waals surface area contributed by atoms with E-state index >= 15 is 0 Å². The van der Waals surface area contributed by atoms with E-state index in [4.69, 9.17) is 0 Å². The number of amides is 1. The van der Waals surface area contributed by atoms with E-state index < -0.39 is 0 Å². The Bertz CT molecular complexity index is 902. The van der Waals surface area contributed by atoms with Gasteiger partial charge in [-0.25, -0.2) is 9.97 Å². The molecule has 0 spiro atoms. The van der Waals surface area contributed by atoms with Gasteiger partial charge in [-0.05, 0) is 25.3 Å². The molecule has 140 valence electrons. The molecule has 6 heteroatoms. The normalized spacial score (nSPS) is 17.2. The number of carbonyl (C=O) groups is 1. The van der Waals surface area contributed by atoms with Crippen molar-refractivity contribution in [3.63, 3.8) is 0 Å². The maximum absolute atomic E-state index is 13.0. The molecule has 27 heavy (non-hydrogen) atoms. The summed E-state index contributed by atoms with van der Waals surface area (Å²) in [5, 5.41) is 2.89. The molecule has 1 fully saturated rings. The Hall–Kier alpha value is -2.47. The number of hydrogen-bond acceptors (Lipinski definition) is 4. The summed E-state index contributed by atoms with van der Waals surface area (Å²) in [5.41, 5.74) is 1.79. The van der Waals surface area contributed by atoms with Crippen LogP contribution < -0.4 is 0 Å². The van der Waals surface area contributed by atoms with E-state index in [1.54, 1.807) is 11.3 Å². The van der Waals surface area contributed by atoms with Crippen molar-refractivity contribution in [2.75, 3.05) is 13.1 Å². The number of aryl methyl sites for hydroxylation is 1. The van der Waals surface area contributed by atoms with Gasteiger partial charge in [0.2, 0.25) is 0 Å². The van der Waals surface area contributed by atoms with Gasteiger partial charge in [0.25, 0.3) is 5.91 Å². The number of hydrogen-bond donors (Lipinski definition) is 0. The molecule has 1 atom stereocenters. The summed E-state index contributed by atoms with van der Waals surface area (Å²) in [4.78, 5) is 24.1. The molecule has 1 amide bonds. The lowest BCUT2D eigenvalue weighted by atomic mass is 9.97. The van der Waals surface area contributed by atoms with Gasteiger partial charge in [0.15, 0.2) is 0 Å². The number of nitrogens with zero attached hydrogens (tertiary/aromatic N) is 4. The summed E-state index contributed by atoms with van der Waals surface area (Å²) in [7, 11) is 0. The van der Waals surface area contributed by atoms with Crippen molar-refractivity contribution in [2.24, 2.45) is 0 Å². The maximum Gasteiger partial charge on any atom is 0.273 e. The minimum atomic E-state index is 0.0462. The van der Waals surface area contributed by atoms with Gasteiger partial charge in [0.1, 0.15) is 11.5 Å². The first-order chi connectivity index (χ1) is 13.2. The number of thiazole rings is 1. The molecular weight excluding hydrogens is 356 g/mol. The van der Waals surface area contributed by atoms with Crippen LogP contribution in [0.25, 0.3) is 0 Å². The zero-order valence-electron chi connectivity index (χ0n) is 15.5. The highest BCUT2D eigenvalue weighted by atomic mass is 32.1. The monoisotopic (exact) mass is 380 g/mol. The first kappa shape index (κ1) is 17.9. The Morgan fingerprint density at radius 2 is 2.15 bits per heavy atom. The third kappa shape index (κ3) is 3.95. The Kier molecular flexibility index (Phi) is 5.34. The summed E-state index contributed by atoms with van der Waals surface area (Å²) < 4.78 is 2.18. The SMILES string of the molecule is CCn1ccnc1[C@@H]1CCCN(C(=O)c2csc(Cc3ccccc3)n2)C1. The van der Waals surface area contributed by atoms with Crippen LogP contribution in [-0.4, -0.2) is 38.4 Å². The van der Waals surface area contributed by atoms with Gasteiger partial charge in [-0.3, -0.25) is 4.79 Å². The van der Waals surface area contributed by atoms with Crippen LogP contribution in [0, 0.1) is 0 Å². The fourth-order valence-corrected chi connectivity index (χ4v) is 4.55. The second-order valence-corrected chi connectivity index (χ2v) is 7.89. The van der Waals surface area contributed by atoms with Gasteiger partial charge >= 0.3 is 0 Å². The minimum absolute atomic E-state index is 0.0462. The molecule has 0 bridgehead atoms. The largest absolute Gasteiger partial charge is 0.337 e. The standard InChI is InChI=1S/C21H24N4OS/c1-2-24-12-10-22-20(24)17-9-6-11-25(14-17)21(26)18-15-27-19(23-18)13-16-7-4-3-5-8-16/h3-5,7-8,10,12,15,17H,2,6,9,11,13-14H2,1H3/t17-/m1/s1. The molecule has 5 nitrogen and oxygen atoms in total. The number of aromatic nitrogens is 3. The molecule has 3 aromatic rings. The number of piperidine rings is 1.